The minimum Gasteiger partial charge on any atom is -0.342 e. The number of nitrogens with one attached hydrogen (secondary N) is 1. The zero-order valence-corrected chi connectivity index (χ0v) is 17.5. The molecule has 1 amide bonds. The van der Waals surface area contributed by atoms with E-state index in [0.29, 0.717) is 16.8 Å². The Morgan fingerprint density at radius 3 is 2.78 bits per heavy atom. The Labute approximate surface area is 167 Å². The fourth-order valence-electron chi connectivity index (χ4n) is 4.12. The summed E-state index contributed by atoms with van der Waals surface area (Å²) >= 11 is 3.02. The van der Waals surface area contributed by atoms with Gasteiger partial charge in [-0.15, -0.1) is 11.3 Å². The number of amides is 1. The molecule has 0 aromatic carbocycles. The Morgan fingerprint density at radius 2 is 2.00 bits per heavy atom. The first-order chi connectivity index (χ1) is 13.1. The van der Waals surface area contributed by atoms with E-state index in [0.717, 1.165) is 55.4 Å². The molecule has 0 radical (unpaired) electrons. The molecule has 1 N–H and O–H groups in total. The largest absolute Gasteiger partial charge is 0.342 e. The van der Waals surface area contributed by atoms with Gasteiger partial charge in [-0.2, -0.15) is 0 Å². The molecular formula is C20H27N3O2S2. The predicted octanol–water partition coefficient (Wildman–Crippen LogP) is 3.99. The van der Waals surface area contributed by atoms with Crippen LogP contribution in [0.15, 0.2) is 9.95 Å². The van der Waals surface area contributed by atoms with Crippen molar-refractivity contribution in [3.8, 4) is 0 Å². The number of aryl methyl sites for hydroxylation is 1. The number of thioether (sulfide) groups is 1. The van der Waals surface area contributed by atoms with Crippen LogP contribution < -0.4 is 5.56 Å². The number of fused-ring (bicyclic) bond motifs is 3. The third-order valence-corrected chi connectivity index (χ3v) is 7.69. The van der Waals surface area contributed by atoms with Crippen LogP contribution >= 0.6 is 23.1 Å². The number of hydrogen-bond acceptors (Lipinski definition) is 5. The summed E-state index contributed by atoms with van der Waals surface area (Å²) < 4.78 is 0. The lowest BCUT2D eigenvalue weighted by Crippen LogP contribution is -2.35. The van der Waals surface area contributed by atoms with E-state index in [4.69, 9.17) is 0 Å². The molecule has 0 unspecified atom stereocenters. The van der Waals surface area contributed by atoms with Gasteiger partial charge in [-0.05, 0) is 43.6 Å². The van der Waals surface area contributed by atoms with E-state index in [1.165, 1.54) is 41.5 Å². The van der Waals surface area contributed by atoms with Gasteiger partial charge in [0.15, 0.2) is 5.16 Å². The average Bonchev–Trinajstić information content (AvgIpc) is 2.97. The van der Waals surface area contributed by atoms with Crippen LogP contribution in [-0.2, 0) is 17.6 Å². The van der Waals surface area contributed by atoms with Crippen LogP contribution in [0.3, 0.4) is 0 Å². The van der Waals surface area contributed by atoms with Crippen LogP contribution in [0.25, 0.3) is 10.2 Å². The second-order valence-corrected chi connectivity index (χ2v) is 9.89. The summed E-state index contributed by atoms with van der Waals surface area (Å²) in [7, 11) is 0. The highest BCUT2D eigenvalue weighted by molar-refractivity contribution is 7.99. The van der Waals surface area contributed by atoms with Crippen molar-refractivity contribution in [1.82, 2.24) is 14.9 Å². The number of carbonyl (C=O) groups is 1. The first-order valence-corrected chi connectivity index (χ1v) is 11.9. The van der Waals surface area contributed by atoms with Crippen molar-refractivity contribution in [3.05, 3.63) is 20.8 Å². The van der Waals surface area contributed by atoms with Crippen molar-refractivity contribution in [1.29, 1.82) is 0 Å². The van der Waals surface area contributed by atoms with Gasteiger partial charge in [-0.1, -0.05) is 37.9 Å². The van der Waals surface area contributed by atoms with Gasteiger partial charge in [0.05, 0.1) is 11.1 Å². The minimum absolute atomic E-state index is 0.0479. The Balaban J connectivity index is 1.48. The minimum atomic E-state index is -0.0479. The zero-order valence-electron chi connectivity index (χ0n) is 15.9. The van der Waals surface area contributed by atoms with Crippen LogP contribution in [0.4, 0.5) is 0 Å². The number of nitrogens with zero attached hydrogens (tertiary/aromatic N) is 2. The van der Waals surface area contributed by atoms with Gasteiger partial charge in [0.25, 0.3) is 5.56 Å². The quantitative estimate of drug-likeness (QED) is 0.619. The molecule has 0 spiro atoms. The molecule has 0 saturated carbocycles. The second-order valence-electron chi connectivity index (χ2n) is 7.84. The van der Waals surface area contributed by atoms with E-state index in [1.807, 2.05) is 4.90 Å². The molecule has 1 aliphatic heterocycles. The molecule has 1 aliphatic carbocycles. The number of hydrogen-bond donors (Lipinski definition) is 1. The SMILES string of the molecule is C[C@@H]1CCc2c(sc3nc(SCC(=O)N4CCCCCCC4)[nH]c(=O)c23)C1. The van der Waals surface area contributed by atoms with Crippen LogP contribution in [0.1, 0.15) is 55.9 Å². The van der Waals surface area contributed by atoms with E-state index in [2.05, 4.69) is 16.9 Å². The lowest BCUT2D eigenvalue weighted by molar-refractivity contribution is -0.128. The summed E-state index contributed by atoms with van der Waals surface area (Å²) in [5, 5.41) is 1.35. The lowest BCUT2D eigenvalue weighted by atomic mass is 9.89. The zero-order chi connectivity index (χ0) is 18.8. The highest BCUT2D eigenvalue weighted by atomic mass is 32.2. The van der Waals surface area contributed by atoms with Crippen LogP contribution in [-0.4, -0.2) is 39.6 Å². The molecule has 2 aromatic rings. The van der Waals surface area contributed by atoms with Gasteiger partial charge >= 0.3 is 0 Å². The summed E-state index contributed by atoms with van der Waals surface area (Å²) in [4.78, 5) is 36.9. The highest BCUT2D eigenvalue weighted by Gasteiger charge is 2.23. The van der Waals surface area contributed by atoms with Gasteiger partial charge in [0, 0.05) is 18.0 Å². The molecule has 1 atom stereocenters. The van der Waals surface area contributed by atoms with Crippen molar-refractivity contribution in [2.24, 2.45) is 5.92 Å². The van der Waals surface area contributed by atoms with Crippen molar-refractivity contribution >= 4 is 39.2 Å². The molecule has 146 valence electrons. The molecule has 3 heterocycles. The fraction of sp³-hybridized carbons (Fsp3) is 0.650. The van der Waals surface area contributed by atoms with Crippen molar-refractivity contribution in [3.63, 3.8) is 0 Å². The molecular weight excluding hydrogens is 378 g/mol. The van der Waals surface area contributed by atoms with Crippen molar-refractivity contribution < 1.29 is 4.79 Å². The molecule has 2 aromatic heterocycles. The smallest absolute Gasteiger partial charge is 0.260 e. The monoisotopic (exact) mass is 405 g/mol. The summed E-state index contributed by atoms with van der Waals surface area (Å²) in [6, 6.07) is 0. The summed E-state index contributed by atoms with van der Waals surface area (Å²) in [6.07, 6.45) is 9.05. The molecule has 1 saturated heterocycles. The van der Waals surface area contributed by atoms with E-state index in [1.54, 1.807) is 11.3 Å². The fourth-order valence-corrected chi connectivity index (χ4v) is 6.32. The van der Waals surface area contributed by atoms with Gasteiger partial charge in [-0.25, -0.2) is 4.98 Å². The maximum atomic E-state index is 12.6. The number of aromatic nitrogens is 2. The number of likely N-dealkylation sites (tertiary alicyclic amines) is 1. The van der Waals surface area contributed by atoms with Crippen LogP contribution in [0.5, 0.6) is 0 Å². The molecule has 5 nitrogen and oxygen atoms in total. The Kier molecular flexibility index (Phi) is 5.88. The third-order valence-electron chi connectivity index (χ3n) is 5.68. The average molecular weight is 406 g/mol. The summed E-state index contributed by atoms with van der Waals surface area (Å²) in [5.41, 5.74) is 1.16. The molecule has 0 bridgehead atoms. The summed E-state index contributed by atoms with van der Waals surface area (Å²) in [5.74, 6) is 1.18. The standard InChI is InChI=1S/C20H27N3O2S2/c1-13-7-8-14-15(11-13)27-19-17(14)18(25)21-20(22-19)26-12-16(24)23-9-5-3-2-4-6-10-23/h13H,2-12H2,1H3,(H,21,22,25)/t13-/m1/s1. The maximum absolute atomic E-state index is 12.6. The van der Waals surface area contributed by atoms with E-state index in [9.17, 15) is 9.59 Å². The van der Waals surface area contributed by atoms with Crippen molar-refractivity contribution in [2.75, 3.05) is 18.8 Å². The van der Waals surface area contributed by atoms with Gasteiger partial charge in [0.1, 0.15) is 4.83 Å². The molecule has 4 rings (SSSR count). The van der Waals surface area contributed by atoms with Gasteiger partial charge < -0.3 is 9.88 Å². The van der Waals surface area contributed by atoms with E-state index in [-0.39, 0.29) is 11.5 Å². The topological polar surface area (TPSA) is 66.1 Å². The lowest BCUT2D eigenvalue weighted by Gasteiger charge is -2.24. The molecule has 1 fully saturated rings. The first kappa shape index (κ1) is 19.0. The number of aromatic amines is 1. The Bertz CT molecular complexity index is 881. The van der Waals surface area contributed by atoms with Gasteiger partial charge in [0.2, 0.25) is 5.91 Å². The predicted molar refractivity (Wildman–Crippen MR) is 112 cm³/mol. The van der Waals surface area contributed by atoms with E-state index >= 15 is 0 Å². The van der Waals surface area contributed by atoms with Crippen molar-refractivity contribution in [2.45, 2.75) is 63.4 Å². The number of carbonyl (C=O) groups excluding carboxylic acids is 1. The maximum Gasteiger partial charge on any atom is 0.260 e. The van der Waals surface area contributed by atoms with E-state index < -0.39 is 0 Å². The van der Waals surface area contributed by atoms with Crippen LogP contribution in [0.2, 0.25) is 0 Å². The number of thiophene rings is 1. The highest BCUT2D eigenvalue weighted by Crippen LogP contribution is 2.36. The second kappa shape index (κ2) is 8.35. The molecule has 2 aliphatic rings. The molecule has 27 heavy (non-hydrogen) atoms. The van der Waals surface area contributed by atoms with Gasteiger partial charge in [-0.3, -0.25) is 9.59 Å². The van der Waals surface area contributed by atoms with Crippen LogP contribution in [0, 0.1) is 5.92 Å². The third kappa shape index (κ3) is 4.24. The first-order valence-electron chi connectivity index (χ1n) is 10.1. The normalized spacial score (nSPS) is 20.9. The summed E-state index contributed by atoms with van der Waals surface area (Å²) in [6.45, 7) is 3.99. The Hall–Kier alpha value is -1.34. The number of H-pyrrole nitrogens is 1. The Morgan fingerprint density at radius 1 is 1.26 bits per heavy atom. The number of rotatable bonds is 3. The molecule has 7 heteroatoms.